The SMILES string of the molecule is O=C(NCCCl)NC1(OC(O)(O)O)CCCCO1. The fourth-order valence-electron chi connectivity index (χ4n) is 1.57. The Morgan fingerprint density at radius 1 is 1.44 bits per heavy atom. The fraction of sp³-hybridized carbons (Fsp3) is 0.889. The van der Waals surface area contributed by atoms with E-state index in [9.17, 15) is 4.79 Å². The summed E-state index contributed by atoms with van der Waals surface area (Å²) in [7, 11) is 0. The van der Waals surface area contributed by atoms with Crippen LogP contribution in [-0.4, -0.2) is 52.5 Å². The number of aliphatic hydroxyl groups is 3. The Hall–Kier alpha value is -0.640. The quantitative estimate of drug-likeness (QED) is 0.326. The zero-order valence-corrected chi connectivity index (χ0v) is 10.4. The van der Waals surface area contributed by atoms with Gasteiger partial charge in [0.05, 0.1) is 6.61 Å². The van der Waals surface area contributed by atoms with Gasteiger partial charge in [0, 0.05) is 18.8 Å². The van der Waals surface area contributed by atoms with Crippen molar-refractivity contribution in [3.8, 4) is 0 Å². The van der Waals surface area contributed by atoms with E-state index in [0.29, 0.717) is 6.42 Å². The molecular weight excluding hydrogens is 268 g/mol. The van der Waals surface area contributed by atoms with Crippen molar-refractivity contribution in [2.75, 3.05) is 19.0 Å². The van der Waals surface area contributed by atoms with Gasteiger partial charge in [-0.25, -0.2) is 4.79 Å². The van der Waals surface area contributed by atoms with Crippen LogP contribution in [-0.2, 0) is 9.47 Å². The van der Waals surface area contributed by atoms with Gasteiger partial charge in [0.25, 0.3) is 5.91 Å². The van der Waals surface area contributed by atoms with E-state index < -0.39 is 18.1 Å². The van der Waals surface area contributed by atoms with Crippen LogP contribution in [0.25, 0.3) is 0 Å². The van der Waals surface area contributed by atoms with Crippen LogP contribution < -0.4 is 10.6 Å². The van der Waals surface area contributed by atoms with Crippen molar-refractivity contribution in [3.05, 3.63) is 0 Å². The largest absolute Gasteiger partial charge is 0.408 e. The Bertz CT molecular complexity index is 277. The van der Waals surface area contributed by atoms with Crippen molar-refractivity contribution in [2.45, 2.75) is 31.3 Å². The van der Waals surface area contributed by atoms with Gasteiger partial charge in [0.15, 0.2) is 0 Å². The van der Waals surface area contributed by atoms with E-state index in [0.717, 1.165) is 6.42 Å². The highest BCUT2D eigenvalue weighted by atomic mass is 35.5. The van der Waals surface area contributed by atoms with Gasteiger partial charge in [-0.2, -0.15) is 0 Å². The smallest absolute Gasteiger partial charge is 0.337 e. The van der Waals surface area contributed by atoms with Crippen molar-refractivity contribution in [1.29, 1.82) is 0 Å². The average molecular weight is 285 g/mol. The molecule has 1 rings (SSSR count). The highest BCUT2D eigenvalue weighted by Crippen LogP contribution is 2.26. The molecule has 9 heteroatoms. The first kappa shape index (κ1) is 15.4. The Morgan fingerprint density at radius 3 is 2.67 bits per heavy atom. The number of rotatable bonds is 5. The van der Waals surface area contributed by atoms with Crippen LogP contribution in [0.2, 0.25) is 0 Å². The minimum Gasteiger partial charge on any atom is -0.337 e. The van der Waals surface area contributed by atoms with Crippen LogP contribution in [0.5, 0.6) is 0 Å². The molecule has 1 heterocycles. The Labute approximate surface area is 109 Å². The molecule has 5 N–H and O–H groups in total. The van der Waals surface area contributed by atoms with Crippen molar-refractivity contribution >= 4 is 17.6 Å². The van der Waals surface area contributed by atoms with E-state index in [4.69, 9.17) is 31.7 Å². The fourth-order valence-corrected chi connectivity index (χ4v) is 1.67. The lowest BCUT2D eigenvalue weighted by atomic mass is 10.1. The van der Waals surface area contributed by atoms with E-state index in [-0.39, 0.29) is 25.5 Å². The topological polar surface area (TPSA) is 120 Å². The van der Waals surface area contributed by atoms with Crippen molar-refractivity contribution in [3.63, 3.8) is 0 Å². The summed E-state index contributed by atoms with van der Waals surface area (Å²) in [4.78, 5) is 11.5. The zero-order valence-electron chi connectivity index (χ0n) is 9.69. The van der Waals surface area contributed by atoms with Gasteiger partial charge in [-0.1, -0.05) is 0 Å². The number of hydrogen-bond acceptors (Lipinski definition) is 6. The van der Waals surface area contributed by atoms with Gasteiger partial charge in [-0.05, 0) is 12.8 Å². The lowest BCUT2D eigenvalue weighted by Gasteiger charge is -2.38. The molecule has 1 fully saturated rings. The number of amides is 2. The second-order valence-corrected chi connectivity index (χ2v) is 4.18. The second-order valence-electron chi connectivity index (χ2n) is 3.80. The van der Waals surface area contributed by atoms with Gasteiger partial charge < -0.3 is 25.4 Å². The van der Waals surface area contributed by atoms with Crippen LogP contribution in [0, 0.1) is 0 Å². The molecule has 1 atom stereocenters. The van der Waals surface area contributed by atoms with E-state index in [1.165, 1.54) is 0 Å². The van der Waals surface area contributed by atoms with Crippen LogP contribution >= 0.6 is 11.6 Å². The maximum atomic E-state index is 11.5. The lowest BCUT2D eigenvalue weighted by molar-refractivity contribution is -0.514. The molecular formula is C9H17ClN2O6. The normalized spacial score (nSPS) is 24.7. The molecule has 18 heavy (non-hydrogen) atoms. The molecule has 0 bridgehead atoms. The number of nitrogens with one attached hydrogen (secondary N) is 2. The summed E-state index contributed by atoms with van der Waals surface area (Å²) in [5.74, 6) is -1.54. The molecule has 2 amide bonds. The zero-order chi connectivity index (χ0) is 13.6. The minimum atomic E-state index is -3.39. The first-order chi connectivity index (χ1) is 8.37. The molecule has 0 aromatic heterocycles. The molecule has 0 aliphatic carbocycles. The minimum absolute atomic E-state index is 0.171. The third-order valence-corrected chi connectivity index (χ3v) is 2.41. The highest BCUT2D eigenvalue weighted by molar-refractivity contribution is 6.18. The first-order valence-corrected chi connectivity index (χ1v) is 6.03. The van der Waals surface area contributed by atoms with Crippen LogP contribution in [0.4, 0.5) is 4.79 Å². The van der Waals surface area contributed by atoms with Gasteiger partial charge in [0.1, 0.15) is 0 Å². The van der Waals surface area contributed by atoms with Gasteiger partial charge in [-0.3, -0.25) is 10.1 Å². The van der Waals surface area contributed by atoms with Crippen LogP contribution in [0.1, 0.15) is 19.3 Å². The summed E-state index contributed by atoms with van der Waals surface area (Å²) in [5.41, 5.74) is 0. The lowest BCUT2D eigenvalue weighted by Crippen LogP contribution is -2.60. The average Bonchev–Trinajstić information content (AvgIpc) is 2.24. The standard InChI is InChI=1S/C9H17ClN2O6/c10-4-5-11-7(13)12-8(18-9(14,15)16)3-1-2-6-17-8/h14-16H,1-6H2,(H2,11,12,13). The summed E-state index contributed by atoms with van der Waals surface area (Å²) < 4.78 is 9.74. The van der Waals surface area contributed by atoms with Crippen LogP contribution in [0.15, 0.2) is 0 Å². The molecule has 0 saturated carbocycles. The Kier molecular flexibility index (Phi) is 5.57. The predicted molar refractivity (Wildman–Crippen MR) is 60.3 cm³/mol. The van der Waals surface area contributed by atoms with Crippen LogP contribution in [0.3, 0.4) is 0 Å². The predicted octanol–water partition coefficient (Wildman–Crippen LogP) is -1.02. The van der Waals surface area contributed by atoms with Gasteiger partial charge >= 0.3 is 12.2 Å². The molecule has 0 radical (unpaired) electrons. The van der Waals surface area contributed by atoms with E-state index in [1.54, 1.807) is 0 Å². The molecule has 0 aromatic carbocycles. The molecule has 0 aromatic rings. The summed E-state index contributed by atoms with van der Waals surface area (Å²) in [6, 6.07) is -0.651. The molecule has 0 spiro atoms. The van der Waals surface area contributed by atoms with Crippen molar-refractivity contribution in [2.24, 2.45) is 0 Å². The monoisotopic (exact) mass is 284 g/mol. The molecule has 1 aliphatic rings. The maximum Gasteiger partial charge on any atom is 0.408 e. The summed E-state index contributed by atoms with van der Waals surface area (Å²) >= 11 is 5.40. The molecule has 8 nitrogen and oxygen atoms in total. The Morgan fingerprint density at radius 2 is 2.17 bits per heavy atom. The molecule has 1 unspecified atom stereocenters. The number of carbonyl (C=O) groups is 1. The third kappa shape index (κ3) is 5.34. The van der Waals surface area contributed by atoms with E-state index in [1.807, 2.05) is 0 Å². The number of carbonyl (C=O) groups excluding carboxylic acids is 1. The number of halogens is 1. The van der Waals surface area contributed by atoms with Gasteiger partial charge in [0.2, 0.25) is 0 Å². The number of ether oxygens (including phenoxy) is 2. The number of hydrogen-bond donors (Lipinski definition) is 5. The van der Waals surface area contributed by atoms with E-state index >= 15 is 0 Å². The Balaban J connectivity index is 2.62. The number of alkyl halides is 1. The molecule has 1 saturated heterocycles. The van der Waals surface area contributed by atoms with E-state index in [2.05, 4.69) is 15.4 Å². The molecule has 1 aliphatic heterocycles. The van der Waals surface area contributed by atoms with Crippen molar-refractivity contribution in [1.82, 2.24) is 10.6 Å². The summed E-state index contributed by atoms with van der Waals surface area (Å²) in [5, 5.41) is 31.2. The van der Waals surface area contributed by atoms with Crippen molar-refractivity contribution < 1.29 is 29.6 Å². The second kappa shape index (κ2) is 6.50. The summed E-state index contributed by atoms with van der Waals surface area (Å²) in [6.45, 7) is 0.484. The first-order valence-electron chi connectivity index (χ1n) is 5.50. The molecule has 106 valence electrons. The van der Waals surface area contributed by atoms with Gasteiger partial charge in [-0.15, -0.1) is 11.6 Å². The highest BCUT2D eigenvalue weighted by Gasteiger charge is 2.43. The number of urea groups is 1. The third-order valence-electron chi connectivity index (χ3n) is 2.22. The summed E-state index contributed by atoms with van der Waals surface area (Å²) in [6.07, 6.45) is -1.85. The maximum absolute atomic E-state index is 11.5.